The monoisotopic (exact) mass is 138 g/mol. The van der Waals surface area contributed by atoms with Gasteiger partial charge >= 0.3 is 0 Å². The lowest BCUT2D eigenvalue weighted by Crippen LogP contribution is -2.29. The molecule has 0 aromatic carbocycles. The van der Waals surface area contributed by atoms with Crippen molar-refractivity contribution >= 4 is 5.87 Å². The summed E-state index contributed by atoms with van der Waals surface area (Å²) in [5.74, 6) is 2.95. The van der Waals surface area contributed by atoms with E-state index in [1.807, 2.05) is 0 Å². The zero-order valence-corrected chi connectivity index (χ0v) is 6.65. The number of allylic oxidation sites excluding steroid dienone is 1. The lowest BCUT2D eigenvalue weighted by atomic mass is 10.0. The van der Waals surface area contributed by atoms with E-state index < -0.39 is 0 Å². The van der Waals surface area contributed by atoms with Gasteiger partial charge in [-0.25, -0.2) is 4.99 Å². The largest absolute Gasteiger partial charge is 0.378 e. The summed E-state index contributed by atoms with van der Waals surface area (Å²) >= 11 is 0. The van der Waals surface area contributed by atoms with Crippen LogP contribution < -0.4 is 5.32 Å². The third-order valence-electron chi connectivity index (χ3n) is 1.73. The average molecular weight is 138 g/mol. The molecule has 1 aliphatic rings. The van der Waals surface area contributed by atoms with Gasteiger partial charge < -0.3 is 5.32 Å². The summed E-state index contributed by atoms with van der Waals surface area (Å²) in [5.41, 5.74) is 1.17. The minimum absolute atomic E-state index is 0.609. The molecule has 0 aliphatic carbocycles. The van der Waals surface area contributed by atoms with Crippen molar-refractivity contribution in [2.75, 3.05) is 7.05 Å². The Morgan fingerprint density at radius 3 is 3.10 bits per heavy atom. The highest BCUT2D eigenvalue weighted by molar-refractivity contribution is 5.57. The SMILES string of the molecule is CN=C=C1CCCC(C)N1. The van der Waals surface area contributed by atoms with Gasteiger partial charge in [0, 0.05) is 19.0 Å². The maximum atomic E-state index is 3.84. The second kappa shape index (κ2) is 3.43. The molecule has 0 radical (unpaired) electrons. The first-order valence-electron chi connectivity index (χ1n) is 3.80. The van der Waals surface area contributed by atoms with E-state index in [1.165, 1.54) is 18.5 Å². The molecule has 1 heterocycles. The van der Waals surface area contributed by atoms with E-state index in [-0.39, 0.29) is 0 Å². The Morgan fingerprint density at radius 1 is 1.70 bits per heavy atom. The molecule has 10 heavy (non-hydrogen) atoms. The predicted molar refractivity (Wildman–Crippen MR) is 43.3 cm³/mol. The van der Waals surface area contributed by atoms with E-state index in [0.29, 0.717) is 6.04 Å². The van der Waals surface area contributed by atoms with Gasteiger partial charge in [0.05, 0.1) is 5.70 Å². The molecule has 0 spiro atoms. The van der Waals surface area contributed by atoms with Gasteiger partial charge in [0.2, 0.25) is 0 Å². The van der Waals surface area contributed by atoms with Gasteiger partial charge in [-0.05, 0) is 26.2 Å². The number of piperidine rings is 1. The molecule has 0 amide bonds. The van der Waals surface area contributed by atoms with E-state index in [4.69, 9.17) is 0 Å². The molecular weight excluding hydrogens is 124 g/mol. The van der Waals surface area contributed by atoms with Gasteiger partial charge in [-0.3, -0.25) is 0 Å². The number of rotatable bonds is 0. The van der Waals surface area contributed by atoms with E-state index in [1.54, 1.807) is 7.05 Å². The number of hydrogen-bond donors (Lipinski definition) is 1. The highest BCUT2D eigenvalue weighted by atomic mass is 14.9. The van der Waals surface area contributed by atoms with Crippen molar-refractivity contribution in [2.45, 2.75) is 32.2 Å². The second-order valence-electron chi connectivity index (χ2n) is 2.75. The Hall–Kier alpha value is -0.750. The first kappa shape index (κ1) is 7.36. The molecule has 56 valence electrons. The second-order valence-corrected chi connectivity index (χ2v) is 2.75. The van der Waals surface area contributed by atoms with Crippen molar-refractivity contribution < 1.29 is 0 Å². The van der Waals surface area contributed by atoms with Crippen molar-refractivity contribution in [2.24, 2.45) is 4.99 Å². The van der Waals surface area contributed by atoms with Crippen molar-refractivity contribution in [3.8, 4) is 0 Å². The van der Waals surface area contributed by atoms with Crippen molar-refractivity contribution in [3.63, 3.8) is 0 Å². The third kappa shape index (κ3) is 1.89. The smallest absolute Gasteiger partial charge is 0.0732 e. The molecule has 1 aliphatic heterocycles. The molecular formula is C8H14N2. The molecule has 0 aromatic rings. The normalized spacial score (nSPS) is 25.0. The Bertz CT molecular complexity index is 166. The average Bonchev–Trinajstić information content (AvgIpc) is 1.88. The van der Waals surface area contributed by atoms with E-state index >= 15 is 0 Å². The fourth-order valence-electron chi connectivity index (χ4n) is 1.25. The molecule has 1 atom stereocenters. The topological polar surface area (TPSA) is 24.4 Å². The van der Waals surface area contributed by atoms with E-state index in [0.717, 1.165) is 6.42 Å². The van der Waals surface area contributed by atoms with Crippen LogP contribution in [0.25, 0.3) is 0 Å². The quantitative estimate of drug-likeness (QED) is 0.502. The number of nitrogens with zero attached hydrogens (tertiary/aromatic N) is 1. The minimum atomic E-state index is 0.609. The first-order valence-corrected chi connectivity index (χ1v) is 3.80. The summed E-state index contributed by atoms with van der Waals surface area (Å²) in [7, 11) is 1.76. The lowest BCUT2D eigenvalue weighted by molar-refractivity contribution is 0.483. The van der Waals surface area contributed by atoms with Gasteiger partial charge in [-0.1, -0.05) is 0 Å². The van der Waals surface area contributed by atoms with Crippen LogP contribution >= 0.6 is 0 Å². The zero-order valence-electron chi connectivity index (χ0n) is 6.65. The number of hydrogen-bond acceptors (Lipinski definition) is 2. The Balaban J connectivity index is 2.55. The Labute approximate surface area is 62.0 Å². The van der Waals surface area contributed by atoms with Crippen molar-refractivity contribution in [1.29, 1.82) is 0 Å². The summed E-state index contributed by atoms with van der Waals surface area (Å²) in [5, 5.41) is 3.33. The summed E-state index contributed by atoms with van der Waals surface area (Å²) in [4.78, 5) is 3.84. The maximum absolute atomic E-state index is 3.84. The molecule has 1 N–H and O–H groups in total. The van der Waals surface area contributed by atoms with Crippen LogP contribution in [-0.2, 0) is 0 Å². The highest BCUT2D eigenvalue weighted by Crippen LogP contribution is 2.12. The highest BCUT2D eigenvalue weighted by Gasteiger charge is 2.09. The third-order valence-corrected chi connectivity index (χ3v) is 1.73. The standard InChI is InChI=1S/C8H14N2/c1-7-4-3-5-8(10-7)6-9-2/h7,10H,3-5H2,1-2H3. The Kier molecular flexibility index (Phi) is 2.52. The minimum Gasteiger partial charge on any atom is -0.378 e. The van der Waals surface area contributed by atoms with Crippen LogP contribution in [0.4, 0.5) is 0 Å². The van der Waals surface area contributed by atoms with Crippen molar-refractivity contribution in [1.82, 2.24) is 5.32 Å². The molecule has 0 bridgehead atoms. The molecule has 0 saturated carbocycles. The summed E-state index contributed by atoms with van der Waals surface area (Å²) in [6.07, 6.45) is 3.66. The van der Waals surface area contributed by atoms with Crippen LogP contribution in [0.15, 0.2) is 10.7 Å². The predicted octanol–water partition coefficient (Wildman–Crippen LogP) is 1.33. The molecule has 0 aromatic heterocycles. The van der Waals surface area contributed by atoms with Crippen LogP contribution in [-0.4, -0.2) is 19.0 Å². The Morgan fingerprint density at radius 2 is 2.50 bits per heavy atom. The fraction of sp³-hybridized carbons (Fsp3) is 0.750. The number of aliphatic imine (C=N–C) groups is 1. The van der Waals surface area contributed by atoms with Crippen LogP contribution in [0.5, 0.6) is 0 Å². The summed E-state index contributed by atoms with van der Waals surface area (Å²) in [6.45, 7) is 2.19. The molecule has 1 rings (SSSR count). The van der Waals surface area contributed by atoms with Gasteiger partial charge in [0.15, 0.2) is 0 Å². The van der Waals surface area contributed by atoms with Crippen LogP contribution in [0.3, 0.4) is 0 Å². The van der Waals surface area contributed by atoms with Gasteiger partial charge in [-0.15, -0.1) is 0 Å². The fourth-order valence-corrected chi connectivity index (χ4v) is 1.25. The maximum Gasteiger partial charge on any atom is 0.0732 e. The molecule has 1 saturated heterocycles. The molecule has 1 fully saturated rings. The summed E-state index contributed by atoms with van der Waals surface area (Å²) in [6, 6.07) is 0.609. The van der Waals surface area contributed by atoms with Gasteiger partial charge in [0.1, 0.15) is 0 Å². The van der Waals surface area contributed by atoms with Crippen molar-refractivity contribution in [3.05, 3.63) is 5.70 Å². The first-order chi connectivity index (χ1) is 4.83. The van der Waals surface area contributed by atoms with Gasteiger partial charge in [-0.2, -0.15) is 0 Å². The molecule has 1 unspecified atom stereocenters. The number of nitrogens with one attached hydrogen (secondary N) is 1. The summed E-state index contributed by atoms with van der Waals surface area (Å²) < 4.78 is 0. The van der Waals surface area contributed by atoms with Gasteiger partial charge in [0.25, 0.3) is 0 Å². The van der Waals surface area contributed by atoms with Crippen LogP contribution in [0, 0.1) is 0 Å². The molecule has 2 nitrogen and oxygen atoms in total. The van der Waals surface area contributed by atoms with Crippen LogP contribution in [0.1, 0.15) is 26.2 Å². The van der Waals surface area contributed by atoms with E-state index in [2.05, 4.69) is 23.1 Å². The van der Waals surface area contributed by atoms with E-state index in [9.17, 15) is 0 Å². The zero-order chi connectivity index (χ0) is 7.40. The lowest BCUT2D eigenvalue weighted by Gasteiger charge is -2.21. The van der Waals surface area contributed by atoms with Crippen LogP contribution in [0.2, 0.25) is 0 Å². The molecule has 2 heteroatoms.